The summed E-state index contributed by atoms with van der Waals surface area (Å²) in [7, 11) is 0. The molecule has 1 N–H and O–H groups in total. The summed E-state index contributed by atoms with van der Waals surface area (Å²) in [6.45, 7) is 3.32. The van der Waals surface area contributed by atoms with Gasteiger partial charge < -0.3 is 5.32 Å². The molecule has 27 heavy (non-hydrogen) atoms. The predicted octanol–water partition coefficient (Wildman–Crippen LogP) is 7.56. The summed E-state index contributed by atoms with van der Waals surface area (Å²) in [6.07, 6.45) is 13.7. The summed E-state index contributed by atoms with van der Waals surface area (Å²) in [5.74, 6) is 0. The van der Waals surface area contributed by atoms with E-state index in [4.69, 9.17) is 5.26 Å². The van der Waals surface area contributed by atoms with Gasteiger partial charge in [-0.05, 0) is 41.8 Å². The number of hydrogen-bond acceptors (Lipinski definition) is 2. The summed E-state index contributed by atoms with van der Waals surface area (Å²) in [4.78, 5) is 0. The van der Waals surface area contributed by atoms with Gasteiger partial charge in [0.1, 0.15) is 0 Å². The van der Waals surface area contributed by atoms with Crippen LogP contribution in [-0.2, 0) is 0 Å². The van der Waals surface area contributed by atoms with Crippen LogP contribution in [0.5, 0.6) is 0 Å². The van der Waals surface area contributed by atoms with Gasteiger partial charge in [-0.1, -0.05) is 89.0 Å². The number of nitrogens with one attached hydrogen (secondary N) is 1. The van der Waals surface area contributed by atoms with Crippen molar-refractivity contribution in [3.05, 3.63) is 54.1 Å². The van der Waals surface area contributed by atoms with E-state index in [-0.39, 0.29) is 0 Å². The Bertz CT molecular complexity index is 665. The maximum atomic E-state index is 8.88. The van der Waals surface area contributed by atoms with Crippen molar-refractivity contribution in [2.75, 3.05) is 11.9 Å². The third-order valence-corrected chi connectivity index (χ3v) is 5.09. The number of hydrogen-bond donors (Lipinski definition) is 1. The molecule has 0 saturated heterocycles. The molecule has 0 aliphatic carbocycles. The molecule has 2 heteroatoms. The van der Waals surface area contributed by atoms with Crippen LogP contribution in [0.3, 0.4) is 0 Å². The molecule has 0 saturated carbocycles. The van der Waals surface area contributed by atoms with Crippen LogP contribution in [0.4, 0.5) is 5.69 Å². The molecule has 0 aromatic heterocycles. The van der Waals surface area contributed by atoms with Crippen LogP contribution in [0.1, 0.15) is 76.7 Å². The van der Waals surface area contributed by atoms with Crippen molar-refractivity contribution in [3.8, 4) is 17.2 Å². The van der Waals surface area contributed by atoms with Crippen molar-refractivity contribution < 1.29 is 0 Å². The van der Waals surface area contributed by atoms with Gasteiger partial charge in [-0.15, -0.1) is 0 Å². The fourth-order valence-electron chi connectivity index (χ4n) is 3.36. The first kappa shape index (κ1) is 21.0. The molecule has 2 aromatic rings. The smallest absolute Gasteiger partial charge is 0.0991 e. The molecule has 0 unspecified atom stereocenters. The van der Waals surface area contributed by atoms with E-state index in [2.05, 4.69) is 42.6 Å². The second-order valence-electron chi connectivity index (χ2n) is 7.38. The minimum absolute atomic E-state index is 0.702. The molecule has 2 rings (SSSR count). The molecule has 0 heterocycles. The second kappa shape index (κ2) is 13.0. The molecular formula is C25H34N2. The van der Waals surface area contributed by atoms with Crippen molar-refractivity contribution in [2.24, 2.45) is 0 Å². The standard InChI is InChI=1S/C25H34N2/c1-2-3-4-5-6-7-8-9-10-11-20-27-25-18-16-24(17-19-25)23-14-12-22(21-26)13-15-23/h12-19,27H,2-11,20H2,1H3. The van der Waals surface area contributed by atoms with Gasteiger partial charge in [-0.3, -0.25) is 0 Å². The third-order valence-electron chi connectivity index (χ3n) is 5.09. The summed E-state index contributed by atoms with van der Waals surface area (Å²) in [5, 5.41) is 12.4. The zero-order valence-corrected chi connectivity index (χ0v) is 16.8. The van der Waals surface area contributed by atoms with Crippen molar-refractivity contribution >= 4 is 5.69 Å². The summed E-state index contributed by atoms with van der Waals surface area (Å²) in [6, 6.07) is 18.5. The first-order chi connectivity index (χ1) is 13.3. The lowest BCUT2D eigenvalue weighted by Gasteiger charge is -2.08. The first-order valence-electron chi connectivity index (χ1n) is 10.7. The van der Waals surface area contributed by atoms with Gasteiger partial charge >= 0.3 is 0 Å². The van der Waals surface area contributed by atoms with E-state index >= 15 is 0 Å². The maximum Gasteiger partial charge on any atom is 0.0991 e. The van der Waals surface area contributed by atoms with E-state index < -0.39 is 0 Å². The van der Waals surface area contributed by atoms with Crippen molar-refractivity contribution in [3.63, 3.8) is 0 Å². The Balaban J connectivity index is 1.57. The fraction of sp³-hybridized carbons (Fsp3) is 0.480. The number of nitriles is 1. The van der Waals surface area contributed by atoms with Gasteiger partial charge in [0.25, 0.3) is 0 Å². The number of nitrogens with zero attached hydrogens (tertiary/aromatic N) is 1. The molecule has 0 fully saturated rings. The van der Waals surface area contributed by atoms with Crippen LogP contribution in [0, 0.1) is 11.3 Å². The molecule has 0 aliphatic heterocycles. The van der Waals surface area contributed by atoms with Gasteiger partial charge in [0.2, 0.25) is 0 Å². The maximum absolute atomic E-state index is 8.88. The third kappa shape index (κ3) is 8.31. The van der Waals surface area contributed by atoms with Gasteiger partial charge in [0, 0.05) is 12.2 Å². The molecule has 2 nitrogen and oxygen atoms in total. The molecular weight excluding hydrogens is 328 g/mol. The highest BCUT2D eigenvalue weighted by atomic mass is 14.9. The van der Waals surface area contributed by atoms with E-state index in [0.717, 1.165) is 12.1 Å². The van der Waals surface area contributed by atoms with Crippen LogP contribution in [-0.4, -0.2) is 6.54 Å². The van der Waals surface area contributed by atoms with Gasteiger partial charge in [-0.25, -0.2) is 0 Å². The largest absolute Gasteiger partial charge is 0.385 e. The van der Waals surface area contributed by atoms with Crippen molar-refractivity contribution in [1.82, 2.24) is 0 Å². The lowest BCUT2D eigenvalue weighted by atomic mass is 10.0. The van der Waals surface area contributed by atoms with Crippen LogP contribution in [0.2, 0.25) is 0 Å². The zero-order chi connectivity index (χ0) is 19.2. The fourth-order valence-corrected chi connectivity index (χ4v) is 3.36. The quantitative estimate of drug-likeness (QED) is 0.373. The Morgan fingerprint density at radius 3 is 1.67 bits per heavy atom. The lowest BCUT2D eigenvalue weighted by Crippen LogP contribution is -2.01. The Kier molecular flexibility index (Phi) is 10.1. The Morgan fingerprint density at radius 1 is 0.667 bits per heavy atom. The van der Waals surface area contributed by atoms with Gasteiger partial charge in [0.05, 0.1) is 11.6 Å². The Morgan fingerprint density at radius 2 is 1.15 bits per heavy atom. The zero-order valence-electron chi connectivity index (χ0n) is 16.8. The van der Waals surface area contributed by atoms with E-state index in [0.29, 0.717) is 5.56 Å². The van der Waals surface area contributed by atoms with Crippen molar-refractivity contribution in [2.45, 2.75) is 71.1 Å². The highest BCUT2D eigenvalue weighted by molar-refractivity contribution is 5.66. The average molecular weight is 363 g/mol. The summed E-state index contributed by atoms with van der Waals surface area (Å²) < 4.78 is 0. The predicted molar refractivity (Wildman–Crippen MR) is 117 cm³/mol. The second-order valence-corrected chi connectivity index (χ2v) is 7.38. The van der Waals surface area contributed by atoms with Crippen LogP contribution < -0.4 is 5.32 Å². The highest BCUT2D eigenvalue weighted by Gasteiger charge is 1.99. The molecule has 0 aliphatic rings. The highest BCUT2D eigenvalue weighted by Crippen LogP contribution is 2.22. The van der Waals surface area contributed by atoms with E-state index in [1.165, 1.54) is 75.5 Å². The molecule has 0 atom stereocenters. The molecule has 0 bridgehead atoms. The summed E-state index contributed by atoms with van der Waals surface area (Å²) in [5.41, 5.74) is 4.22. The molecule has 0 amide bonds. The van der Waals surface area contributed by atoms with Crippen LogP contribution >= 0.6 is 0 Å². The minimum Gasteiger partial charge on any atom is -0.385 e. The lowest BCUT2D eigenvalue weighted by molar-refractivity contribution is 0.560. The molecule has 2 aromatic carbocycles. The topological polar surface area (TPSA) is 35.8 Å². The Hall–Kier alpha value is -2.27. The number of anilines is 1. The van der Waals surface area contributed by atoms with E-state index in [1.807, 2.05) is 24.3 Å². The van der Waals surface area contributed by atoms with Gasteiger partial charge in [0.15, 0.2) is 0 Å². The number of unbranched alkanes of at least 4 members (excludes halogenated alkanes) is 9. The number of benzene rings is 2. The van der Waals surface area contributed by atoms with E-state index in [9.17, 15) is 0 Å². The average Bonchev–Trinajstić information content (AvgIpc) is 2.72. The molecule has 144 valence electrons. The van der Waals surface area contributed by atoms with Crippen LogP contribution in [0.15, 0.2) is 48.5 Å². The van der Waals surface area contributed by atoms with Crippen molar-refractivity contribution in [1.29, 1.82) is 5.26 Å². The van der Waals surface area contributed by atoms with Gasteiger partial charge in [-0.2, -0.15) is 5.26 Å². The normalized spacial score (nSPS) is 10.5. The minimum atomic E-state index is 0.702. The number of rotatable bonds is 13. The Labute approximate surface area is 165 Å². The first-order valence-corrected chi connectivity index (χ1v) is 10.7. The van der Waals surface area contributed by atoms with E-state index in [1.54, 1.807) is 0 Å². The summed E-state index contributed by atoms with van der Waals surface area (Å²) >= 11 is 0. The monoisotopic (exact) mass is 362 g/mol. The molecule has 0 radical (unpaired) electrons. The SMILES string of the molecule is CCCCCCCCCCCCNc1ccc(-c2ccc(C#N)cc2)cc1. The molecule has 0 spiro atoms. The van der Waals surface area contributed by atoms with Crippen LogP contribution in [0.25, 0.3) is 11.1 Å².